The van der Waals surface area contributed by atoms with Crippen LogP contribution in [0.5, 0.6) is 0 Å². The van der Waals surface area contributed by atoms with Gasteiger partial charge in [0, 0.05) is 10.0 Å². The van der Waals surface area contributed by atoms with Crippen molar-refractivity contribution in [1.29, 1.82) is 0 Å². The summed E-state index contributed by atoms with van der Waals surface area (Å²) >= 11 is 12.9. The van der Waals surface area contributed by atoms with E-state index >= 15 is 0 Å². The molecule has 2 aromatic carbocycles. The maximum Gasteiger partial charge on any atom is 0.298 e. The summed E-state index contributed by atoms with van der Waals surface area (Å²) in [5, 5.41) is 0.622. The van der Waals surface area contributed by atoms with E-state index in [1.54, 1.807) is 36.4 Å². The Labute approximate surface area is 147 Å². The van der Waals surface area contributed by atoms with Crippen LogP contribution in [0, 0.1) is 6.92 Å². The highest BCUT2D eigenvalue weighted by molar-refractivity contribution is 8.19. The van der Waals surface area contributed by atoms with E-state index in [0.29, 0.717) is 26.2 Å². The number of aryl methyl sites for hydroxylation is 1. The molecule has 0 aromatic heterocycles. The number of carbonyl (C=O) groups is 2. The Morgan fingerprint density at radius 2 is 1.87 bits per heavy atom. The number of carbonyl (C=O) groups excluding carboxylic acids is 2. The van der Waals surface area contributed by atoms with Crippen molar-refractivity contribution in [1.82, 2.24) is 0 Å². The van der Waals surface area contributed by atoms with E-state index in [9.17, 15) is 9.59 Å². The van der Waals surface area contributed by atoms with E-state index in [4.69, 9.17) is 23.2 Å². The minimum absolute atomic E-state index is 0.322. The van der Waals surface area contributed by atoms with Crippen LogP contribution in [0.25, 0.3) is 6.08 Å². The third kappa shape index (κ3) is 3.29. The quantitative estimate of drug-likeness (QED) is 0.657. The molecule has 1 heterocycles. The molecule has 1 fully saturated rings. The fourth-order valence-corrected chi connectivity index (χ4v) is 3.51. The van der Waals surface area contributed by atoms with Gasteiger partial charge in [-0.3, -0.25) is 9.59 Å². The van der Waals surface area contributed by atoms with Crippen LogP contribution in [0.1, 0.15) is 11.1 Å². The summed E-state index contributed by atoms with van der Waals surface area (Å²) in [6, 6.07) is 12.3. The summed E-state index contributed by atoms with van der Waals surface area (Å²) in [6.45, 7) is 1.91. The van der Waals surface area contributed by atoms with Crippen LogP contribution in [0.4, 0.5) is 10.5 Å². The number of benzene rings is 2. The summed E-state index contributed by atoms with van der Waals surface area (Å²) in [7, 11) is 0. The van der Waals surface area contributed by atoms with Gasteiger partial charge in [0.15, 0.2) is 0 Å². The maximum atomic E-state index is 12.6. The zero-order valence-electron chi connectivity index (χ0n) is 12.0. The summed E-state index contributed by atoms with van der Waals surface area (Å²) in [5.74, 6) is -0.350. The van der Waals surface area contributed by atoms with Gasteiger partial charge in [0.1, 0.15) is 0 Å². The van der Waals surface area contributed by atoms with E-state index < -0.39 is 0 Å². The molecule has 1 aliphatic heterocycles. The number of imide groups is 1. The zero-order valence-corrected chi connectivity index (χ0v) is 14.4. The molecule has 6 heteroatoms. The van der Waals surface area contributed by atoms with E-state index in [1.165, 1.54) is 4.90 Å². The Hall–Kier alpha value is -1.75. The number of nitrogens with zero attached hydrogens (tertiary/aromatic N) is 1. The molecular formula is C17H11Cl2NO2S. The van der Waals surface area contributed by atoms with E-state index in [2.05, 4.69) is 0 Å². The van der Waals surface area contributed by atoms with Crippen molar-refractivity contribution in [3.05, 3.63) is 68.5 Å². The fourth-order valence-electron chi connectivity index (χ4n) is 2.22. The molecule has 23 heavy (non-hydrogen) atoms. The predicted octanol–water partition coefficient (Wildman–Crippen LogP) is 5.54. The topological polar surface area (TPSA) is 37.4 Å². The molecule has 2 amide bonds. The molecule has 2 aromatic rings. The van der Waals surface area contributed by atoms with Crippen molar-refractivity contribution < 1.29 is 9.59 Å². The van der Waals surface area contributed by atoms with Gasteiger partial charge in [0.25, 0.3) is 11.1 Å². The first-order chi connectivity index (χ1) is 11.0. The number of anilines is 1. The average molecular weight is 364 g/mol. The number of hydrogen-bond donors (Lipinski definition) is 0. The first-order valence-corrected chi connectivity index (χ1v) is 8.32. The molecule has 0 radical (unpaired) electrons. The van der Waals surface area contributed by atoms with Crippen LogP contribution < -0.4 is 4.90 Å². The Balaban J connectivity index is 1.96. The van der Waals surface area contributed by atoms with Crippen LogP contribution in [0.15, 0.2) is 47.4 Å². The van der Waals surface area contributed by atoms with Gasteiger partial charge in [-0.05, 0) is 60.2 Å². The highest BCUT2D eigenvalue weighted by atomic mass is 35.5. The third-order valence-corrected chi connectivity index (χ3v) is 4.73. The van der Waals surface area contributed by atoms with Crippen LogP contribution in [0.3, 0.4) is 0 Å². The van der Waals surface area contributed by atoms with Gasteiger partial charge in [-0.1, -0.05) is 41.4 Å². The Morgan fingerprint density at radius 1 is 1.09 bits per heavy atom. The minimum Gasteiger partial charge on any atom is -0.268 e. The number of amides is 2. The number of thioether (sulfide) groups is 1. The van der Waals surface area contributed by atoms with Gasteiger partial charge < -0.3 is 0 Å². The molecule has 0 aliphatic carbocycles. The molecule has 3 rings (SSSR count). The molecule has 3 nitrogen and oxygen atoms in total. The maximum absolute atomic E-state index is 12.6. The molecule has 1 saturated heterocycles. The molecular weight excluding hydrogens is 353 g/mol. The van der Waals surface area contributed by atoms with Crippen molar-refractivity contribution in [3.63, 3.8) is 0 Å². The van der Waals surface area contributed by atoms with Gasteiger partial charge >= 0.3 is 0 Å². The van der Waals surface area contributed by atoms with Crippen LogP contribution >= 0.6 is 35.0 Å². The fraction of sp³-hybridized carbons (Fsp3) is 0.0588. The number of halogens is 2. The average Bonchev–Trinajstić information content (AvgIpc) is 2.76. The SMILES string of the molecule is Cc1cccc(N2C(=O)S/C(=C\c3ccc(Cl)cc3Cl)C2=O)c1. The number of hydrogen-bond acceptors (Lipinski definition) is 3. The predicted molar refractivity (Wildman–Crippen MR) is 96.1 cm³/mol. The lowest BCUT2D eigenvalue weighted by Crippen LogP contribution is -2.27. The molecule has 0 N–H and O–H groups in total. The normalized spacial score (nSPS) is 16.5. The van der Waals surface area contributed by atoms with Crippen LogP contribution in [-0.4, -0.2) is 11.1 Å². The summed E-state index contributed by atoms with van der Waals surface area (Å²) < 4.78 is 0. The van der Waals surface area contributed by atoms with Gasteiger partial charge in [-0.2, -0.15) is 0 Å². The molecule has 1 aliphatic rings. The van der Waals surface area contributed by atoms with E-state index in [-0.39, 0.29) is 11.1 Å². The van der Waals surface area contributed by atoms with Crippen LogP contribution in [-0.2, 0) is 4.79 Å². The first kappa shape index (κ1) is 16.1. The monoisotopic (exact) mass is 363 g/mol. The minimum atomic E-state index is -0.350. The second-order valence-electron chi connectivity index (χ2n) is 5.02. The Bertz CT molecular complexity index is 848. The van der Waals surface area contributed by atoms with Gasteiger partial charge in [0.2, 0.25) is 0 Å². The lowest BCUT2D eigenvalue weighted by Gasteiger charge is -2.12. The Kier molecular flexibility index (Phi) is 4.48. The summed E-state index contributed by atoms with van der Waals surface area (Å²) in [5.41, 5.74) is 2.19. The molecule has 0 saturated carbocycles. The molecule has 0 spiro atoms. The second-order valence-corrected chi connectivity index (χ2v) is 6.86. The van der Waals surface area contributed by atoms with Crippen molar-refractivity contribution in [2.45, 2.75) is 6.92 Å². The zero-order chi connectivity index (χ0) is 16.6. The first-order valence-electron chi connectivity index (χ1n) is 6.75. The molecule has 0 bridgehead atoms. The lowest BCUT2D eigenvalue weighted by atomic mass is 10.2. The van der Waals surface area contributed by atoms with E-state index in [1.807, 2.05) is 19.1 Å². The van der Waals surface area contributed by atoms with Crippen LogP contribution in [0.2, 0.25) is 10.0 Å². The third-order valence-electron chi connectivity index (χ3n) is 3.30. The lowest BCUT2D eigenvalue weighted by molar-refractivity contribution is -0.113. The smallest absolute Gasteiger partial charge is 0.268 e. The highest BCUT2D eigenvalue weighted by Crippen LogP contribution is 2.37. The van der Waals surface area contributed by atoms with Crippen molar-refractivity contribution in [2.24, 2.45) is 0 Å². The van der Waals surface area contributed by atoms with Gasteiger partial charge in [-0.25, -0.2) is 4.90 Å². The summed E-state index contributed by atoms with van der Waals surface area (Å²) in [4.78, 5) is 26.3. The molecule has 116 valence electrons. The summed E-state index contributed by atoms with van der Waals surface area (Å²) in [6.07, 6.45) is 1.61. The second kappa shape index (κ2) is 6.40. The molecule has 0 atom stereocenters. The highest BCUT2D eigenvalue weighted by Gasteiger charge is 2.36. The van der Waals surface area contributed by atoms with Gasteiger partial charge in [-0.15, -0.1) is 0 Å². The largest absolute Gasteiger partial charge is 0.298 e. The van der Waals surface area contributed by atoms with Crippen molar-refractivity contribution >= 4 is 57.9 Å². The van der Waals surface area contributed by atoms with Crippen molar-refractivity contribution in [3.8, 4) is 0 Å². The van der Waals surface area contributed by atoms with Gasteiger partial charge in [0.05, 0.1) is 10.6 Å². The Morgan fingerprint density at radius 3 is 2.57 bits per heavy atom. The van der Waals surface area contributed by atoms with Crippen molar-refractivity contribution in [2.75, 3.05) is 4.90 Å². The van der Waals surface area contributed by atoms with E-state index in [0.717, 1.165) is 17.3 Å². The number of rotatable bonds is 2. The standard InChI is InChI=1S/C17H11Cl2NO2S/c1-10-3-2-4-13(7-10)20-16(21)15(23-17(20)22)8-11-5-6-12(18)9-14(11)19/h2-9H,1H3/b15-8-. The molecule has 0 unspecified atom stereocenters.